The van der Waals surface area contributed by atoms with Gasteiger partial charge in [0.2, 0.25) is 0 Å². The molecule has 20 heavy (non-hydrogen) atoms. The highest BCUT2D eigenvalue weighted by Gasteiger charge is 2.24. The van der Waals surface area contributed by atoms with Crippen LogP contribution in [-0.2, 0) is 0 Å². The summed E-state index contributed by atoms with van der Waals surface area (Å²) in [5.74, 6) is 0. The second-order valence-corrected chi connectivity index (χ2v) is 6.50. The topological polar surface area (TPSA) is 65.7 Å². The van der Waals surface area contributed by atoms with Gasteiger partial charge >= 0.3 is 5.56 Å². The molecule has 1 aromatic heterocycles. The predicted octanol–water partition coefficient (Wildman–Crippen LogP) is 2.60. The van der Waals surface area contributed by atoms with E-state index in [1.807, 2.05) is 30.8 Å². The Balaban J connectivity index is 2.17. The molecular formula is C15H16N2O2S. The molecule has 4 nitrogen and oxygen atoms in total. The molecule has 3 rings (SSSR count). The van der Waals surface area contributed by atoms with Gasteiger partial charge in [-0.2, -0.15) is 0 Å². The Morgan fingerprint density at radius 2 is 1.90 bits per heavy atom. The SMILES string of the molecule is Cc1[nH][nH]c(=O)c(=O)c1-c1cccc(SC2CC2)c1C. The molecule has 0 spiro atoms. The van der Waals surface area contributed by atoms with Gasteiger partial charge in [-0.05, 0) is 43.9 Å². The molecule has 0 saturated heterocycles. The summed E-state index contributed by atoms with van der Waals surface area (Å²) in [6.07, 6.45) is 2.53. The lowest BCUT2D eigenvalue weighted by molar-refractivity contribution is 0.934. The molecule has 1 heterocycles. The number of hydrogen-bond donors (Lipinski definition) is 2. The van der Waals surface area contributed by atoms with Crippen LogP contribution in [0.2, 0.25) is 0 Å². The third-order valence-electron chi connectivity index (χ3n) is 3.54. The van der Waals surface area contributed by atoms with Crippen LogP contribution in [0, 0.1) is 13.8 Å². The minimum Gasteiger partial charge on any atom is -0.302 e. The van der Waals surface area contributed by atoms with Crippen LogP contribution in [0.5, 0.6) is 0 Å². The van der Waals surface area contributed by atoms with E-state index in [9.17, 15) is 9.59 Å². The standard InChI is InChI=1S/C15H16N2O2S/c1-8-11(4-3-5-12(8)20-10-6-7-10)13-9(2)16-17-15(19)14(13)18/h3-5,10H,6-7H2,1-2H3,(H,16,18)(H,17,19). The van der Waals surface area contributed by atoms with Crippen LogP contribution in [0.4, 0.5) is 0 Å². The summed E-state index contributed by atoms with van der Waals surface area (Å²) < 4.78 is 0. The molecule has 0 amide bonds. The summed E-state index contributed by atoms with van der Waals surface area (Å²) in [5, 5.41) is 5.83. The van der Waals surface area contributed by atoms with E-state index >= 15 is 0 Å². The van der Waals surface area contributed by atoms with E-state index in [-0.39, 0.29) is 0 Å². The second-order valence-electron chi connectivity index (χ2n) is 5.15. The first kappa shape index (κ1) is 13.2. The summed E-state index contributed by atoms with van der Waals surface area (Å²) in [5.41, 5.74) is 2.00. The molecule has 0 radical (unpaired) electrons. The largest absolute Gasteiger partial charge is 0.310 e. The van der Waals surface area contributed by atoms with Gasteiger partial charge in [0.1, 0.15) is 0 Å². The molecule has 2 N–H and O–H groups in total. The molecule has 1 aliphatic carbocycles. The third kappa shape index (κ3) is 2.33. The number of thioether (sulfide) groups is 1. The highest BCUT2D eigenvalue weighted by Crippen LogP contribution is 2.41. The van der Waals surface area contributed by atoms with Gasteiger partial charge in [0.25, 0.3) is 5.43 Å². The van der Waals surface area contributed by atoms with Crippen LogP contribution in [0.15, 0.2) is 32.7 Å². The van der Waals surface area contributed by atoms with E-state index in [2.05, 4.69) is 16.3 Å². The molecule has 1 aromatic carbocycles. The molecule has 0 unspecified atom stereocenters. The van der Waals surface area contributed by atoms with Crippen molar-refractivity contribution in [3.63, 3.8) is 0 Å². The Hall–Kier alpha value is -1.75. The maximum absolute atomic E-state index is 12.1. The summed E-state index contributed by atoms with van der Waals surface area (Å²) in [4.78, 5) is 24.9. The van der Waals surface area contributed by atoms with Crippen molar-refractivity contribution in [2.75, 3.05) is 0 Å². The van der Waals surface area contributed by atoms with Crippen LogP contribution >= 0.6 is 11.8 Å². The maximum atomic E-state index is 12.1. The Morgan fingerprint density at radius 1 is 1.15 bits per heavy atom. The fraction of sp³-hybridized carbons (Fsp3) is 0.333. The first-order chi connectivity index (χ1) is 9.58. The molecule has 104 valence electrons. The van der Waals surface area contributed by atoms with Crippen molar-refractivity contribution in [1.82, 2.24) is 10.2 Å². The maximum Gasteiger partial charge on any atom is 0.310 e. The lowest BCUT2D eigenvalue weighted by Gasteiger charge is -2.11. The van der Waals surface area contributed by atoms with E-state index in [0.717, 1.165) is 11.1 Å². The second kappa shape index (κ2) is 4.98. The summed E-state index contributed by atoms with van der Waals surface area (Å²) >= 11 is 1.86. The van der Waals surface area contributed by atoms with Crippen LogP contribution in [0.3, 0.4) is 0 Å². The fourth-order valence-corrected chi connectivity index (χ4v) is 3.43. The van der Waals surface area contributed by atoms with Gasteiger partial charge in [-0.3, -0.25) is 14.7 Å². The number of aryl methyl sites for hydroxylation is 1. The van der Waals surface area contributed by atoms with Crippen molar-refractivity contribution >= 4 is 11.8 Å². The third-order valence-corrected chi connectivity index (χ3v) is 5.04. The van der Waals surface area contributed by atoms with Gasteiger partial charge in [-0.1, -0.05) is 12.1 Å². The average molecular weight is 288 g/mol. The van der Waals surface area contributed by atoms with Crippen molar-refractivity contribution in [2.24, 2.45) is 0 Å². The van der Waals surface area contributed by atoms with E-state index in [1.165, 1.54) is 17.7 Å². The lowest BCUT2D eigenvalue weighted by Crippen LogP contribution is -2.30. The number of benzene rings is 1. The highest BCUT2D eigenvalue weighted by atomic mass is 32.2. The fourth-order valence-electron chi connectivity index (χ4n) is 2.26. The van der Waals surface area contributed by atoms with Crippen LogP contribution in [0.25, 0.3) is 11.1 Å². The number of aromatic nitrogens is 2. The molecule has 1 fully saturated rings. The number of aromatic amines is 2. The van der Waals surface area contributed by atoms with Gasteiger partial charge in [-0.15, -0.1) is 11.8 Å². The Labute approximate surface area is 120 Å². The molecule has 2 aromatic rings. The van der Waals surface area contributed by atoms with E-state index in [1.54, 1.807) is 6.92 Å². The summed E-state index contributed by atoms with van der Waals surface area (Å²) in [6, 6.07) is 5.94. The smallest absolute Gasteiger partial charge is 0.302 e. The lowest BCUT2D eigenvalue weighted by atomic mass is 10.00. The van der Waals surface area contributed by atoms with Crippen molar-refractivity contribution < 1.29 is 0 Å². The highest BCUT2D eigenvalue weighted by molar-refractivity contribution is 8.00. The minimum atomic E-state index is -0.606. The van der Waals surface area contributed by atoms with Crippen molar-refractivity contribution in [3.05, 3.63) is 50.0 Å². The minimum absolute atomic E-state index is 0.474. The van der Waals surface area contributed by atoms with Gasteiger partial charge in [-0.25, -0.2) is 0 Å². The van der Waals surface area contributed by atoms with Gasteiger partial charge in [0.05, 0.1) is 5.56 Å². The van der Waals surface area contributed by atoms with Crippen LogP contribution in [0.1, 0.15) is 24.1 Å². The molecule has 0 bridgehead atoms. The Bertz CT molecular complexity index is 772. The van der Waals surface area contributed by atoms with Crippen molar-refractivity contribution in [2.45, 2.75) is 36.8 Å². The van der Waals surface area contributed by atoms with Crippen LogP contribution < -0.4 is 11.0 Å². The number of nitrogens with one attached hydrogen (secondary N) is 2. The zero-order chi connectivity index (χ0) is 14.3. The van der Waals surface area contributed by atoms with E-state index in [0.29, 0.717) is 16.5 Å². The normalized spacial score (nSPS) is 14.5. The summed E-state index contributed by atoms with van der Waals surface area (Å²) in [6.45, 7) is 3.81. The molecular weight excluding hydrogens is 272 g/mol. The first-order valence-electron chi connectivity index (χ1n) is 6.66. The summed E-state index contributed by atoms with van der Waals surface area (Å²) in [7, 11) is 0. The Kier molecular flexibility index (Phi) is 3.30. The Morgan fingerprint density at radius 3 is 2.60 bits per heavy atom. The monoisotopic (exact) mass is 288 g/mol. The zero-order valence-electron chi connectivity index (χ0n) is 11.4. The average Bonchev–Trinajstić information content (AvgIpc) is 3.23. The van der Waals surface area contributed by atoms with Crippen LogP contribution in [-0.4, -0.2) is 15.4 Å². The molecule has 1 aliphatic rings. The van der Waals surface area contributed by atoms with Crippen molar-refractivity contribution in [1.29, 1.82) is 0 Å². The number of rotatable bonds is 3. The number of H-pyrrole nitrogens is 2. The van der Waals surface area contributed by atoms with E-state index in [4.69, 9.17) is 0 Å². The molecule has 0 atom stereocenters. The van der Waals surface area contributed by atoms with Gasteiger partial charge in [0, 0.05) is 15.8 Å². The predicted molar refractivity (Wildman–Crippen MR) is 81.5 cm³/mol. The molecule has 1 saturated carbocycles. The zero-order valence-corrected chi connectivity index (χ0v) is 12.3. The van der Waals surface area contributed by atoms with Gasteiger partial charge in [0.15, 0.2) is 0 Å². The first-order valence-corrected chi connectivity index (χ1v) is 7.54. The number of hydrogen-bond acceptors (Lipinski definition) is 3. The quantitative estimate of drug-likeness (QED) is 0.853. The van der Waals surface area contributed by atoms with E-state index < -0.39 is 11.0 Å². The van der Waals surface area contributed by atoms with Crippen molar-refractivity contribution in [3.8, 4) is 11.1 Å². The molecule has 5 heteroatoms. The van der Waals surface area contributed by atoms with Gasteiger partial charge < -0.3 is 5.10 Å². The molecule has 0 aliphatic heterocycles.